The van der Waals surface area contributed by atoms with E-state index in [1.807, 2.05) is 31.2 Å². The van der Waals surface area contributed by atoms with E-state index >= 15 is 0 Å². The van der Waals surface area contributed by atoms with Gasteiger partial charge in [-0.1, -0.05) is 29.8 Å². The lowest BCUT2D eigenvalue weighted by molar-refractivity contribution is -0.122. The number of carbonyl (C=O) groups excluding carboxylic acids is 1. The molecule has 0 aromatic heterocycles. The predicted octanol–water partition coefficient (Wildman–Crippen LogP) is 0.373. The summed E-state index contributed by atoms with van der Waals surface area (Å²) in [6.45, 7) is 2.38. The molecule has 106 valence electrons. The summed E-state index contributed by atoms with van der Waals surface area (Å²) >= 11 is 0. The van der Waals surface area contributed by atoms with Gasteiger partial charge < -0.3 is 11.1 Å². The molecule has 1 unspecified atom stereocenters. The van der Waals surface area contributed by atoms with E-state index in [0.29, 0.717) is 6.54 Å². The number of aryl methyl sites for hydroxylation is 1. The topological polar surface area (TPSA) is 89.3 Å². The van der Waals surface area contributed by atoms with Gasteiger partial charge in [0.05, 0.1) is 11.8 Å². The molecule has 0 aliphatic heterocycles. The molecule has 0 saturated carbocycles. The summed E-state index contributed by atoms with van der Waals surface area (Å²) in [5.74, 6) is -0.407. The molecule has 0 bridgehead atoms. The van der Waals surface area contributed by atoms with Gasteiger partial charge in [-0.2, -0.15) is 0 Å². The lowest BCUT2D eigenvalue weighted by Gasteiger charge is -2.11. The van der Waals surface area contributed by atoms with E-state index in [0.717, 1.165) is 17.4 Å². The van der Waals surface area contributed by atoms with Crippen LogP contribution in [-0.2, 0) is 21.2 Å². The van der Waals surface area contributed by atoms with Crippen LogP contribution in [0, 0.1) is 6.92 Å². The second-order valence-electron chi connectivity index (χ2n) is 4.73. The van der Waals surface area contributed by atoms with Crippen LogP contribution in [0.3, 0.4) is 0 Å². The number of nitrogens with two attached hydrogens (primary N) is 1. The number of sulfone groups is 1. The zero-order chi connectivity index (χ0) is 14.5. The minimum atomic E-state index is -3.08. The van der Waals surface area contributed by atoms with Crippen molar-refractivity contribution in [3.63, 3.8) is 0 Å². The fourth-order valence-corrected chi connectivity index (χ4v) is 2.18. The third-order valence-electron chi connectivity index (χ3n) is 2.72. The molecule has 19 heavy (non-hydrogen) atoms. The Morgan fingerprint density at radius 1 is 1.32 bits per heavy atom. The molecular formula is C13H20N2O3S. The lowest BCUT2D eigenvalue weighted by Crippen LogP contribution is -2.41. The first-order chi connectivity index (χ1) is 8.78. The van der Waals surface area contributed by atoms with Crippen LogP contribution < -0.4 is 11.1 Å². The molecule has 6 heteroatoms. The summed E-state index contributed by atoms with van der Waals surface area (Å²) in [4.78, 5) is 11.7. The smallest absolute Gasteiger partial charge is 0.237 e. The van der Waals surface area contributed by atoms with Crippen molar-refractivity contribution in [2.75, 3.05) is 12.0 Å². The Hall–Kier alpha value is -1.40. The highest BCUT2D eigenvalue weighted by molar-refractivity contribution is 7.90. The number of rotatable bonds is 6. The Labute approximate surface area is 114 Å². The van der Waals surface area contributed by atoms with E-state index in [1.54, 1.807) is 0 Å². The summed E-state index contributed by atoms with van der Waals surface area (Å²) in [6, 6.07) is 6.99. The molecule has 0 saturated heterocycles. The summed E-state index contributed by atoms with van der Waals surface area (Å²) in [5.41, 5.74) is 7.77. The summed E-state index contributed by atoms with van der Waals surface area (Å²) < 4.78 is 22.0. The van der Waals surface area contributed by atoms with Crippen molar-refractivity contribution >= 4 is 15.7 Å². The third-order valence-corrected chi connectivity index (χ3v) is 3.70. The molecule has 0 aliphatic carbocycles. The Bertz CT molecular complexity index is 523. The maximum absolute atomic E-state index is 11.7. The zero-order valence-electron chi connectivity index (χ0n) is 11.2. The molecule has 1 amide bonds. The van der Waals surface area contributed by atoms with E-state index in [1.165, 1.54) is 0 Å². The molecule has 0 radical (unpaired) electrons. The second kappa shape index (κ2) is 6.68. The zero-order valence-corrected chi connectivity index (χ0v) is 12.0. The van der Waals surface area contributed by atoms with Crippen LogP contribution in [0.5, 0.6) is 0 Å². The standard InChI is InChI=1S/C13H20N2O3S/c1-10-3-5-11(6-4-10)9-15-13(16)12(14)7-8-19(2,17)18/h3-6,12H,7-9,14H2,1-2H3,(H,15,16). The predicted molar refractivity (Wildman–Crippen MR) is 75.3 cm³/mol. The van der Waals surface area contributed by atoms with Crippen molar-refractivity contribution in [1.29, 1.82) is 0 Å². The summed E-state index contributed by atoms with van der Waals surface area (Å²) in [5, 5.41) is 2.70. The Morgan fingerprint density at radius 2 is 1.89 bits per heavy atom. The van der Waals surface area contributed by atoms with E-state index in [-0.39, 0.29) is 18.1 Å². The summed E-state index contributed by atoms with van der Waals surface area (Å²) in [6.07, 6.45) is 1.27. The van der Waals surface area contributed by atoms with Crippen molar-refractivity contribution in [2.45, 2.75) is 25.9 Å². The van der Waals surface area contributed by atoms with Gasteiger partial charge in [0, 0.05) is 12.8 Å². The maximum Gasteiger partial charge on any atom is 0.237 e. The normalized spacial score (nSPS) is 13.0. The molecule has 1 rings (SSSR count). The number of hydrogen-bond donors (Lipinski definition) is 2. The highest BCUT2D eigenvalue weighted by Gasteiger charge is 2.15. The molecule has 0 aliphatic rings. The largest absolute Gasteiger partial charge is 0.351 e. The number of hydrogen-bond acceptors (Lipinski definition) is 4. The van der Waals surface area contributed by atoms with Gasteiger partial charge in [0.25, 0.3) is 0 Å². The average Bonchev–Trinajstić information content (AvgIpc) is 2.34. The first-order valence-electron chi connectivity index (χ1n) is 6.04. The fourth-order valence-electron chi connectivity index (χ4n) is 1.50. The van der Waals surface area contributed by atoms with Crippen molar-refractivity contribution in [2.24, 2.45) is 5.73 Å². The van der Waals surface area contributed by atoms with Crippen LogP contribution in [0.1, 0.15) is 17.5 Å². The number of benzene rings is 1. The number of amides is 1. The Kier molecular flexibility index (Phi) is 5.50. The van der Waals surface area contributed by atoms with Gasteiger partial charge in [-0.25, -0.2) is 8.42 Å². The van der Waals surface area contributed by atoms with Gasteiger partial charge in [-0.05, 0) is 18.9 Å². The monoisotopic (exact) mass is 284 g/mol. The lowest BCUT2D eigenvalue weighted by atomic mass is 10.1. The minimum Gasteiger partial charge on any atom is -0.351 e. The quantitative estimate of drug-likeness (QED) is 0.790. The van der Waals surface area contributed by atoms with Crippen molar-refractivity contribution in [3.05, 3.63) is 35.4 Å². The molecule has 0 fully saturated rings. The van der Waals surface area contributed by atoms with Crippen molar-refractivity contribution < 1.29 is 13.2 Å². The number of carbonyl (C=O) groups is 1. The van der Waals surface area contributed by atoms with Crippen molar-refractivity contribution in [1.82, 2.24) is 5.32 Å². The van der Waals surface area contributed by atoms with E-state index in [4.69, 9.17) is 5.73 Å². The molecule has 1 atom stereocenters. The SMILES string of the molecule is Cc1ccc(CNC(=O)C(N)CCS(C)(=O)=O)cc1. The maximum atomic E-state index is 11.7. The molecule has 0 spiro atoms. The molecule has 5 nitrogen and oxygen atoms in total. The first kappa shape index (κ1) is 15.7. The third kappa shape index (κ3) is 6.35. The van der Waals surface area contributed by atoms with Gasteiger partial charge in [-0.15, -0.1) is 0 Å². The second-order valence-corrected chi connectivity index (χ2v) is 6.99. The van der Waals surface area contributed by atoms with Gasteiger partial charge in [-0.3, -0.25) is 4.79 Å². The number of nitrogens with one attached hydrogen (secondary N) is 1. The van der Waals surface area contributed by atoms with Crippen LogP contribution in [0.2, 0.25) is 0 Å². The van der Waals surface area contributed by atoms with Crippen molar-refractivity contribution in [3.8, 4) is 0 Å². The van der Waals surface area contributed by atoms with Gasteiger partial charge in [0.1, 0.15) is 9.84 Å². The van der Waals surface area contributed by atoms with Gasteiger partial charge in [0.15, 0.2) is 0 Å². The van der Waals surface area contributed by atoms with E-state index in [9.17, 15) is 13.2 Å². The van der Waals surface area contributed by atoms with Gasteiger partial charge in [0.2, 0.25) is 5.91 Å². The Morgan fingerprint density at radius 3 is 2.42 bits per heavy atom. The molecule has 0 heterocycles. The molecule has 1 aromatic rings. The van der Waals surface area contributed by atoms with Crippen LogP contribution in [-0.4, -0.2) is 32.4 Å². The first-order valence-corrected chi connectivity index (χ1v) is 8.10. The van der Waals surface area contributed by atoms with E-state index < -0.39 is 15.9 Å². The molecule has 3 N–H and O–H groups in total. The molecule has 1 aromatic carbocycles. The fraction of sp³-hybridized carbons (Fsp3) is 0.462. The average molecular weight is 284 g/mol. The van der Waals surface area contributed by atoms with Gasteiger partial charge >= 0.3 is 0 Å². The Balaban J connectivity index is 2.40. The van der Waals surface area contributed by atoms with Crippen LogP contribution >= 0.6 is 0 Å². The van der Waals surface area contributed by atoms with Crippen LogP contribution in [0.25, 0.3) is 0 Å². The summed E-state index contributed by atoms with van der Waals surface area (Å²) in [7, 11) is -3.08. The highest BCUT2D eigenvalue weighted by atomic mass is 32.2. The highest BCUT2D eigenvalue weighted by Crippen LogP contribution is 2.03. The molecular weight excluding hydrogens is 264 g/mol. The minimum absolute atomic E-state index is 0.0773. The van der Waals surface area contributed by atoms with Crippen LogP contribution in [0.15, 0.2) is 24.3 Å². The van der Waals surface area contributed by atoms with E-state index in [2.05, 4.69) is 5.32 Å². The van der Waals surface area contributed by atoms with Crippen LogP contribution in [0.4, 0.5) is 0 Å².